The molecule has 0 amide bonds. The SMILES string of the molecule is CCC(C)NCc1csc(CN2CCCC(C)C2)n1. The van der Waals surface area contributed by atoms with E-state index in [1.807, 2.05) is 11.3 Å². The predicted molar refractivity (Wildman–Crippen MR) is 82.4 cm³/mol. The molecule has 1 aliphatic rings. The van der Waals surface area contributed by atoms with Gasteiger partial charge in [0.1, 0.15) is 5.01 Å². The summed E-state index contributed by atoms with van der Waals surface area (Å²) in [5.74, 6) is 0.847. The minimum atomic E-state index is 0.577. The van der Waals surface area contributed by atoms with Crippen LogP contribution in [0.25, 0.3) is 0 Å². The second-order valence-electron chi connectivity index (χ2n) is 5.91. The van der Waals surface area contributed by atoms with Crippen LogP contribution in [0.1, 0.15) is 50.7 Å². The lowest BCUT2D eigenvalue weighted by atomic mass is 10.0. The monoisotopic (exact) mass is 281 g/mol. The molecule has 0 aliphatic carbocycles. The van der Waals surface area contributed by atoms with Crippen molar-refractivity contribution in [2.75, 3.05) is 13.1 Å². The van der Waals surface area contributed by atoms with E-state index in [1.165, 1.54) is 43.1 Å². The number of nitrogens with zero attached hydrogens (tertiary/aromatic N) is 2. The van der Waals surface area contributed by atoms with E-state index in [1.54, 1.807) is 0 Å². The zero-order chi connectivity index (χ0) is 13.7. The van der Waals surface area contributed by atoms with Gasteiger partial charge >= 0.3 is 0 Å². The highest BCUT2D eigenvalue weighted by Gasteiger charge is 2.17. The van der Waals surface area contributed by atoms with Crippen LogP contribution in [0.3, 0.4) is 0 Å². The van der Waals surface area contributed by atoms with Crippen molar-refractivity contribution in [3.63, 3.8) is 0 Å². The fourth-order valence-corrected chi connectivity index (χ4v) is 3.38. The minimum Gasteiger partial charge on any atom is -0.309 e. The molecule has 4 heteroatoms. The van der Waals surface area contributed by atoms with Crippen LogP contribution in [0, 0.1) is 5.92 Å². The maximum Gasteiger partial charge on any atom is 0.107 e. The van der Waals surface area contributed by atoms with Gasteiger partial charge in [0.25, 0.3) is 0 Å². The van der Waals surface area contributed by atoms with Gasteiger partial charge in [-0.1, -0.05) is 13.8 Å². The van der Waals surface area contributed by atoms with Gasteiger partial charge in [0, 0.05) is 24.5 Å². The molecular weight excluding hydrogens is 254 g/mol. The number of likely N-dealkylation sites (tertiary alicyclic amines) is 1. The normalized spacial score (nSPS) is 22.6. The number of nitrogens with one attached hydrogen (secondary N) is 1. The van der Waals surface area contributed by atoms with E-state index >= 15 is 0 Å². The zero-order valence-corrected chi connectivity index (χ0v) is 13.3. The Hall–Kier alpha value is -0.450. The van der Waals surface area contributed by atoms with Crippen LogP contribution in [-0.2, 0) is 13.1 Å². The molecule has 0 bridgehead atoms. The molecule has 2 unspecified atom stereocenters. The first-order chi connectivity index (χ1) is 9.17. The second-order valence-corrected chi connectivity index (χ2v) is 6.85. The van der Waals surface area contributed by atoms with Crippen molar-refractivity contribution in [1.82, 2.24) is 15.2 Å². The highest BCUT2D eigenvalue weighted by molar-refractivity contribution is 7.09. The largest absolute Gasteiger partial charge is 0.309 e. The third-order valence-corrected chi connectivity index (χ3v) is 4.83. The number of hydrogen-bond acceptors (Lipinski definition) is 4. The quantitative estimate of drug-likeness (QED) is 0.867. The number of rotatable bonds is 6. The summed E-state index contributed by atoms with van der Waals surface area (Å²) in [5, 5.41) is 6.98. The molecule has 1 N–H and O–H groups in total. The summed E-state index contributed by atoms with van der Waals surface area (Å²) in [6.07, 6.45) is 3.90. The molecule has 1 saturated heterocycles. The molecule has 3 nitrogen and oxygen atoms in total. The summed E-state index contributed by atoms with van der Waals surface area (Å²) in [7, 11) is 0. The van der Waals surface area contributed by atoms with Crippen LogP contribution in [0.5, 0.6) is 0 Å². The van der Waals surface area contributed by atoms with E-state index < -0.39 is 0 Å². The first-order valence-electron chi connectivity index (χ1n) is 7.56. The van der Waals surface area contributed by atoms with E-state index in [-0.39, 0.29) is 0 Å². The molecule has 0 aromatic carbocycles. The van der Waals surface area contributed by atoms with Gasteiger partial charge in [-0.25, -0.2) is 4.98 Å². The van der Waals surface area contributed by atoms with Gasteiger partial charge < -0.3 is 5.32 Å². The highest BCUT2D eigenvalue weighted by Crippen LogP contribution is 2.19. The van der Waals surface area contributed by atoms with Crippen LogP contribution >= 0.6 is 11.3 Å². The lowest BCUT2D eigenvalue weighted by Gasteiger charge is -2.29. The van der Waals surface area contributed by atoms with E-state index in [9.17, 15) is 0 Å². The van der Waals surface area contributed by atoms with Crippen molar-refractivity contribution in [3.05, 3.63) is 16.1 Å². The van der Waals surface area contributed by atoms with Crippen LogP contribution in [-0.4, -0.2) is 29.0 Å². The van der Waals surface area contributed by atoms with Crippen molar-refractivity contribution in [3.8, 4) is 0 Å². The average Bonchev–Trinajstić information content (AvgIpc) is 2.83. The van der Waals surface area contributed by atoms with Crippen molar-refractivity contribution < 1.29 is 0 Å². The molecule has 1 aliphatic heterocycles. The van der Waals surface area contributed by atoms with Gasteiger partial charge in [0.05, 0.1) is 12.2 Å². The lowest BCUT2D eigenvalue weighted by Crippen LogP contribution is -2.33. The Morgan fingerprint density at radius 2 is 2.42 bits per heavy atom. The Morgan fingerprint density at radius 3 is 3.16 bits per heavy atom. The van der Waals surface area contributed by atoms with E-state index in [0.717, 1.165) is 19.0 Å². The van der Waals surface area contributed by atoms with E-state index in [2.05, 4.69) is 36.4 Å². The Balaban J connectivity index is 1.80. The number of thiazole rings is 1. The molecular formula is C15H27N3S. The van der Waals surface area contributed by atoms with Crippen LogP contribution in [0.15, 0.2) is 5.38 Å². The molecule has 0 radical (unpaired) electrons. The topological polar surface area (TPSA) is 28.2 Å². The Morgan fingerprint density at radius 1 is 1.58 bits per heavy atom. The van der Waals surface area contributed by atoms with Gasteiger partial charge in [0.2, 0.25) is 0 Å². The molecule has 1 fully saturated rings. The molecule has 19 heavy (non-hydrogen) atoms. The van der Waals surface area contributed by atoms with Crippen molar-refractivity contribution in [2.24, 2.45) is 5.92 Å². The highest BCUT2D eigenvalue weighted by atomic mass is 32.1. The van der Waals surface area contributed by atoms with E-state index in [0.29, 0.717) is 6.04 Å². The third-order valence-electron chi connectivity index (χ3n) is 3.94. The molecule has 0 spiro atoms. The predicted octanol–water partition coefficient (Wildman–Crippen LogP) is 3.26. The second kappa shape index (κ2) is 7.36. The van der Waals surface area contributed by atoms with Crippen LogP contribution in [0.4, 0.5) is 0 Å². The fraction of sp³-hybridized carbons (Fsp3) is 0.800. The molecule has 108 valence electrons. The minimum absolute atomic E-state index is 0.577. The van der Waals surface area contributed by atoms with Gasteiger partial charge in [0.15, 0.2) is 0 Å². The molecule has 1 aromatic rings. The smallest absolute Gasteiger partial charge is 0.107 e. The summed E-state index contributed by atoms with van der Waals surface area (Å²) in [5.41, 5.74) is 1.20. The van der Waals surface area contributed by atoms with Gasteiger partial charge in [-0.15, -0.1) is 11.3 Å². The molecule has 0 saturated carbocycles. The molecule has 1 aromatic heterocycles. The van der Waals surface area contributed by atoms with Crippen molar-refractivity contribution >= 4 is 11.3 Å². The van der Waals surface area contributed by atoms with Gasteiger partial charge in [-0.05, 0) is 38.6 Å². The van der Waals surface area contributed by atoms with Gasteiger partial charge in [-0.3, -0.25) is 4.90 Å². The van der Waals surface area contributed by atoms with E-state index in [4.69, 9.17) is 4.98 Å². The Bertz CT molecular complexity index is 377. The van der Waals surface area contributed by atoms with Gasteiger partial charge in [-0.2, -0.15) is 0 Å². The summed E-state index contributed by atoms with van der Waals surface area (Å²) in [6.45, 7) is 11.2. The van der Waals surface area contributed by atoms with Crippen molar-refractivity contribution in [1.29, 1.82) is 0 Å². The number of piperidine rings is 1. The first kappa shape index (κ1) is 14.9. The standard InChI is InChI=1S/C15H27N3S/c1-4-13(3)16-8-14-11-19-15(17-14)10-18-7-5-6-12(2)9-18/h11-13,16H,4-10H2,1-3H3. The Kier molecular flexibility index (Phi) is 5.79. The summed E-state index contributed by atoms with van der Waals surface area (Å²) >= 11 is 1.81. The Labute approximate surface area is 121 Å². The number of hydrogen-bond donors (Lipinski definition) is 1. The molecule has 2 rings (SSSR count). The molecule has 2 heterocycles. The average molecular weight is 281 g/mol. The maximum absolute atomic E-state index is 4.75. The number of aromatic nitrogens is 1. The van der Waals surface area contributed by atoms with Crippen molar-refractivity contribution in [2.45, 2.75) is 59.2 Å². The molecule has 2 atom stereocenters. The summed E-state index contributed by atoms with van der Waals surface area (Å²) in [6, 6.07) is 0.577. The first-order valence-corrected chi connectivity index (χ1v) is 8.44. The lowest BCUT2D eigenvalue weighted by molar-refractivity contribution is 0.176. The maximum atomic E-state index is 4.75. The zero-order valence-electron chi connectivity index (χ0n) is 12.5. The van der Waals surface area contributed by atoms with Crippen LogP contribution in [0.2, 0.25) is 0 Å². The summed E-state index contributed by atoms with van der Waals surface area (Å²) in [4.78, 5) is 7.30. The summed E-state index contributed by atoms with van der Waals surface area (Å²) < 4.78 is 0. The fourth-order valence-electron chi connectivity index (χ4n) is 2.55. The third kappa shape index (κ3) is 4.86. The van der Waals surface area contributed by atoms with Crippen LogP contribution < -0.4 is 5.32 Å².